The van der Waals surface area contributed by atoms with E-state index in [1.807, 2.05) is 0 Å². The van der Waals surface area contributed by atoms with E-state index in [1.165, 1.54) is 39.6 Å². The molecule has 0 radical (unpaired) electrons. The molecule has 0 bridgehead atoms. The maximum absolute atomic E-state index is 4.63. The summed E-state index contributed by atoms with van der Waals surface area (Å²) in [4.78, 5) is 0. The number of hydrogen-bond donors (Lipinski definition) is 0. The molecule has 2 aliphatic heterocycles. The van der Waals surface area contributed by atoms with Crippen LogP contribution in [0.25, 0.3) is 10.6 Å². The Balaban J connectivity index is 0.000000437. The Morgan fingerprint density at radius 1 is 1.35 bits per heavy atom. The van der Waals surface area contributed by atoms with Crippen molar-refractivity contribution in [2.45, 2.75) is 38.1 Å². The first-order valence-electron chi connectivity index (χ1n) is 5.90. The van der Waals surface area contributed by atoms with Crippen LogP contribution in [-0.2, 0) is 8.26 Å². The van der Waals surface area contributed by atoms with Crippen LogP contribution in [0.3, 0.4) is 0 Å². The number of piperidine rings is 1. The molecule has 0 saturated carbocycles. The first kappa shape index (κ1) is 16.3. The molecule has 0 spiro atoms. The maximum atomic E-state index is 4.63. The summed E-state index contributed by atoms with van der Waals surface area (Å²) in [5.74, 6) is 0. The van der Waals surface area contributed by atoms with Crippen LogP contribution in [0.4, 0.5) is 0 Å². The summed E-state index contributed by atoms with van der Waals surface area (Å²) in [6.07, 6.45) is 12.6. The van der Waals surface area contributed by atoms with Gasteiger partial charge in [-0.05, 0) is 0 Å². The predicted molar refractivity (Wildman–Crippen MR) is 88.6 cm³/mol. The van der Waals surface area contributed by atoms with Gasteiger partial charge in [0.15, 0.2) is 0 Å². The summed E-state index contributed by atoms with van der Waals surface area (Å²) in [6, 6.07) is 0.616. The van der Waals surface area contributed by atoms with Gasteiger partial charge in [0, 0.05) is 0 Å². The number of allylic oxidation sites excluding steroid dienone is 3. The van der Waals surface area contributed by atoms with Gasteiger partial charge < -0.3 is 10.6 Å². The van der Waals surface area contributed by atoms with Crippen molar-refractivity contribution in [2.24, 2.45) is 0 Å². The second-order valence-corrected chi connectivity index (χ2v) is 12.9. The predicted octanol–water partition coefficient (Wildman–Crippen LogP) is 5.29. The van der Waals surface area contributed by atoms with Crippen LogP contribution in [0.15, 0.2) is 23.9 Å². The molecule has 2 nitrogen and oxygen atoms in total. The Labute approximate surface area is 133 Å². The Hall–Kier alpha value is 1.21. The molecule has 0 aliphatic carbocycles. The van der Waals surface area contributed by atoms with Crippen molar-refractivity contribution in [3.63, 3.8) is 0 Å². The molecule has 1 unspecified atom stereocenters. The van der Waals surface area contributed by atoms with Crippen molar-refractivity contribution in [2.75, 3.05) is 13.1 Å². The summed E-state index contributed by atoms with van der Waals surface area (Å²) in [6.45, 7) is 1.95. The van der Waals surface area contributed by atoms with Crippen LogP contribution in [0.5, 0.6) is 0 Å². The normalized spacial score (nSPS) is 23.4. The van der Waals surface area contributed by atoms with Crippen LogP contribution in [-0.4, -0.2) is 19.1 Å². The fourth-order valence-electron chi connectivity index (χ4n) is 2.03. The molecule has 1 saturated heterocycles. The average molecular weight is 503 g/mol. The van der Waals surface area contributed by atoms with E-state index in [4.69, 9.17) is 0 Å². The molecule has 17 heavy (non-hydrogen) atoms. The van der Waals surface area contributed by atoms with E-state index in [9.17, 15) is 0 Å². The van der Waals surface area contributed by atoms with Crippen molar-refractivity contribution in [1.82, 2.24) is 0 Å². The Morgan fingerprint density at radius 2 is 2.18 bits per heavy atom. The molecule has 0 N–H and O–H groups in total. The third-order valence-corrected chi connectivity index (χ3v) is 2.89. The quantitative estimate of drug-likeness (QED) is 0.469. The Morgan fingerprint density at radius 3 is 2.76 bits per heavy atom. The van der Waals surface area contributed by atoms with Crippen molar-refractivity contribution < 1.29 is 8.26 Å². The molecule has 2 aliphatic rings. The number of hydrogen-bond acceptors (Lipinski definition) is 0. The van der Waals surface area contributed by atoms with E-state index < -0.39 is 0 Å². The minimum absolute atomic E-state index is 0.616. The number of rotatable bonds is 3. The van der Waals surface area contributed by atoms with Gasteiger partial charge in [-0.1, -0.05) is 44.3 Å². The van der Waals surface area contributed by atoms with Gasteiger partial charge in [0.25, 0.3) is 0 Å². The van der Waals surface area contributed by atoms with Crippen molar-refractivity contribution in [1.29, 1.82) is 0 Å². The molecule has 2 heterocycles. The van der Waals surface area contributed by atoms with Crippen LogP contribution in [0, 0.1) is 0 Å². The van der Waals surface area contributed by atoms with E-state index >= 15 is 0 Å². The topological polar surface area (TPSA) is 28.2 Å². The molecule has 0 amide bonds. The SMILES string of the molecule is C1=CC[N-]C(CCC2CCCC[N-]2)=C1.[I][Co][I]. The van der Waals surface area contributed by atoms with E-state index in [-0.39, 0.29) is 0 Å². The fraction of sp³-hybridized carbons (Fsp3) is 0.667. The molecule has 0 aromatic rings. The molecule has 2 rings (SSSR count). The van der Waals surface area contributed by atoms with Gasteiger partial charge in [0.2, 0.25) is 0 Å². The van der Waals surface area contributed by atoms with E-state index in [2.05, 4.69) is 69.7 Å². The van der Waals surface area contributed by atoms with Gasteiger partial charge >= 0.3 is 49.1 Å². The standard InChI is InChI=1S/C12H18N2.Co.2HI/c1-3-9-13-11(5-1)7-8-12-6-2-4-10-14-12;;;/h1,3,5,12H,2,4,6-10H2;;2*1H/q-2;+2;;/p-2. The van der Waals surface area contributed by atoms with Crippen LogP contribution < -0.4 is 0 Å². The molecular formula is C12H18CoI2N2-2. The molecule has 5 heteroatoms. The van der Waals surface area contributed by atoms with Gasteiger partial charge in [-0.15, -0.1) is 25.2 Å². The molecule has 1 fully saturated rings. The van der Waals surface area contributed by atoms with Gasteiger partial charge in [0.1, 0.15) is 0 Å². The first-order chi connectivity index (χ1) is 8.36. The monoisotopic (exact) mass is 503 g/mol. The summed E-state index contributed by atoms with van der Waals surface area (Å²) in [7, 11) is 1.38. The third-order valence-electron chi connectivity index (χ3n) is 2.89. The van der Waals surface area contributed by atoms with Gasteiger partial charge in [-0.3, -0.25) is 0 Å². The zero-order valence-corrected chi connectivity index (χ0v) is 15.1. The molecule has 101 valence electrons. The molecule has 0 aromatic carbocycles. The number of halogens is 2. The second kappa shape index (κ2) is 11.1. The van der Waals surface area contributed by atoms with E-state index in [1.54, 1.807) is 0 Å². The van der Waals surface area contributed by atoms with Crippen LogP contribution in [0.1, 0.15) is 32.1 Å². The summed E-state index contributed by atoms with van der Waals surface area (Å²) >= 11 is 4.49. The summed E-state index contributed by atoms with van der Waals surface area (Å²) in [5, 5.41) is 9.07. The van der Waals surface area contributed by atoms with Gasteiger partial charge in [-0.25, -0.2) is 0 Å². The van der Waals surface area contributed by atoms with Crippen LogP contribution in [0.2, 0.25) is 0 Å². The first-order valence-corrected chi connectivity index (χ1v) is 12.6. The minimum atomic E-state index is 0.616. The zero-order valence-electron chi connectivity index (χ0n) is 9.74. The molecule has 1 atom stereocenters. The average Bonchev–Trinajstić information content (AvgIpc) is 2.40. The molecular weight excluding hydrogens is 485 g/mol. The fourth-order valence-corrected chi connectivity index (χ4v) is 2.03. The Kier molecular flexibility index (Phi) is 10.6. The van der Waals surface area contributed by atoms with E-state index in [0.29, 0.717) is 6.04 Å². The summed E-state index contributed by atoms with van der Waals surface area (Å²) in [5.41, 5.74) is 1.26. The van der Waals surface area contributed by atoms with Crippen molar-refractivity contribution in [3.8, 4) is 0 Å². The Bertz CT molecular complexity index is 251. The van der Waals surface area contributed by atoms with Gasteiger partial charge in [-0.2, -0.15) is 5.70 Å². The summed E-state index contributed by atoms with van der Waals surface area (Å²) < 4.78 is 0. The van der Waals surface area contributed by atoms with Gasteiger partial charge in [0.05, 0.1) is 0 Å². The van der Waals surface area contributed by atoms with Crippen molar-refractivity contribution >= 4 is 40.8 Å². The third kappa shape index (κ3) is 8.07. The second-order valence-electron chi connectivity index (χ2n) is 4.07. The zero-order chi connectivity index (χ0) is 12.3. The van der Waals surface area contributed by atoms with Crippen LogP contribution >= 0.6 is 40.8 Å². The van der Waals surface area contributed by atoms with E-state index in [0.717, 1.165) is 19.5 Å². The van der Waals surface area contributed by atoms with Crippen molar-refractivity contribution in [3.05, 3.63) is 34.6 Å². The molecule has 0 aromatic heterocycles. The number of nitrogens with zero attached hydrogens (tertiary/aromatic N) is 2.